The summed E-state index contributed by atoms with van der Waals surface area (Å²) in [4.78, 5) is 25.0. The van der Waals surface area contributed by atoms with Crippen LogP contribution in [0.1, 0.15) is 5.56 Å². The van der Waals surface area contributed by atoms with Crippen molar-refractivity contribution in [3.63, 3.8) is 0 Å². The van der Waals surface area contributed by atoms with E-state index >= 15 is 0 Å². The third-order valence-corrected chi connectivity index (χ3v) is 5.24. The molecule has 0 fully saturated rings. The maximum absolute atomic E-state index is 13.4. The summed E-state index contributed by atoms with van der Waals surface area (Å²) in [6, 6.07) is 19.1. The van der Waals surface area contributed by atoms with Crippen molar-refractivity contribution in [3.05, 3.63) is 105 Å². The van der Waals surface area contributed by atoms with Gasteiger partial charge in [-0.2, -0.15) is 0 Å². The lowest BCUT2D eigenvalue weighted by Crippen LogP contribution is -2.06. The average molecular weight is 444 g/mol. The Morgan fingerprint density at radius 2 is 1.64 bits per heavy atom. The van der Waals surface area contributed by atoms with Gasteiger partial charge in [-0.05, 0) is 48.0 Å². The van der Waals surface area contributed by atoms with Crippen LogP contribution in [0.3, 0.4) is 0 Å². The van der Waals surface area contributed by atoms with Crippen molar-refractivity contribution in [3.8, 4) is 22.6 Å². The Balaban J connectivity index is 1.56. The van der Waals surface area contributed by atoms with Crippen molar-refractivity contribution in [1.82, 2.24) is 0 Å². The molecule has 0 aliphatic heterocycles. The van der Waals surface area contributed by atoms with Gasteiger partial charge in [0.1, 0.15) is 35.1 Å². The van der Waals surface area contributed by atoms with E-state index < -0.39 is 11.3 Å². The molecule has 0 aliphatic carbocycles. The van der Waals surface area contributed by atoms with Crippen LogP contribution in [0.15, 0.2) is 91.2 Å². The Bertz CT molecular complexity index is 1620. The van der Waals surface area contributed by atoms with Crippen LogP contribution in [-0.4, -0.2) is 7.11 Å². The van der Waals surface area contributed by atoms with E-state index in [1.165, 1.54) is 25.3 Å². The maximum Gasteiger partial charge on any atom is 0.344 e. The molecule has 0 aliphatic rings. The molecule has 0 bridgehead atoms. The highest BCUT2D eigenvalue weighted by Crippen LogP contribution is 2.30. The SMILES string of the molecule is COc1ccc2cc(-c3cc(=O)oc4cc(OCc5cccc(F)c5)ccc34)c(=O)oc2c1. The Morgan fingerprint density at radius 3 is 2.45 bits per heavy atom. The monoisotopic (exact) mass is 444 g/mol. The Hall–Kier alpha value is -4.39. The van der Waals surface area contributed by atoms with Crippen molar-refractivity contribution >= 4 is 21.9 Å². The van der Waals surface area contributed by atoms with Crippen LogP contribution in [0.25, 0.3) is 33.1 Å². The summed E-state index contributed by atoms with van der Waals surface area (Å²) in [7, 11) is 1.53. The van der Waals surface area contributed by atoms with Gasteiger partial charge in [0, 0.05) is 34.5 Å². The first-order valence-corrected chi connectivity index (χ1v) is 10.1. The molecule has 2 aromatic heterocycles. The van der Waals surface area contributed by atoms with Crippen LogP contribution in [-0.2, 0) is 6.61 Å². The van der Waals surface area contributed by atoms with Crippen LogP contribution in [0.5, 0.6) is 11.5 Å². The second-order valence-corrected chi connectivity index (χ2v) is 7.41. The largest absolute Gasteiger partial charge is 0.497 e. The normalized spacial score (nSPS) is 11.1. The van der Waals surface area contributed by atoms with E-state index in [2.05, 4.69) is 0 Å². The van der Waals surface area contributed by atoms with Crippen molar-refractivity contribution < 1.29 is 22.7 Å². The summed E-state index contributed by atoms with van der Waals surface area (Å²) in [5.74, 6) is 0.651. The molecule has 5 aromatic rings. The Morgan fingerprint density at radius 1 is 0.818 bits per heavy atom. The minimum Gasteiger partial charge on any atom is -0.497 e. The van der Waals surface area contributed by atoms with Gasteiger partial charge in [-0.15, -0.1) is 0 Å². The highest BCUT2D eigenvalue weighted by Gasteiger charge is 2.15. The van der Waals surface area contributed by atoms with Gasteiger partial charge in [0.15, 0.2) is 0 Å². The third kappa shape index (κ3) is 4.08. The van der Waals surface area contributed by atoms with Crippen LogP contribution in [0.4, 0.5) is 4.39 Å². The molecule has 7 heteroatoms. The van der Waals surface area contributed by atoms with Crippen LogP contribution in [0.2, 0.25) is 0 Å². The van der Waals surface area contributed by atoms with Gasteiger partial charge >= 0.3 is 11.3 Å². The standard InChI is InChI=1S/C26H17FO6/c1-30-18-6-5-16-10-22(26(29)33-23(16)11-18)21-13-25(28)32-24-12-19(7-8-20(21)24)31-14-15-3-2-4-17(27)9-15/h2-13H,14H2,1H3. The van der Waals surface area contributed by atoms with Gasteiger partial charge in [0.05, 0.1) is 12.7 Å². The fourth-order valence-corrected chi connectivity index (χ4v) is 3.66. The van der Waals surface area contributed by atoms with E-state index in [1.807, 2.05) is 0 Å². The van der Waals surface area contributed by atoms with E-state index in [1.54, 1.807) is 54.6 Å². The number of hydrogen-bond donors (Lipinski definition) is 0. The molecule has 0 saturated carbocycles. The number of ether oxygens (including phenoxy) is 2. The topological polar surface area (TPSA) is 78.9 Å². The summed E-state index contributed by atoms with van der Waals surface area (Å²) in [5.41, 5.74) is 0.717. The van der Waals surface area contributed by atoms with Crippen LogP contribution >= 0.6 is 0 Å². The first-order valence-electron chi connectivity index (χ1n) is 10.1. The number of benzene rings is 3. The lowest BCUT2D eigenvalue weighted by Gasteiger charge is -2.09. The van der Waals surface area contributed by atoms with Crippen LogP contribution in [0, 0.1) is 5.82 Å². The quantitative estimate of drug-likeness (QED) is 0.343. The molecule has 0 amide bonds. The van der Waals surface area contributed by atoms with E-state index in [4.69, 9.17) is 18.3 Å². The number of rotatable bonds is 5. The Kier molecular flexibility index (Phi) is 5.14. The van der Waals surface area contributed by atoms with E-state index in [-0.39, 0.29) is 23.6 Å². The zero-order chi connectivity index (χ0) is 22.9. The fourth-order valence-electron chi connectivity index (χ4n) is 3.66. The molecule has 0 N–H and O–H groups in total. The molecule has 164 valence electrons. The molecule has 0 spiro atoms. The number of halogens is 1. The molecular weight excluding hydrogens is 427 g/mol. The summed E-state index contributed by atoms with van der Waals surface area (Å²) < 4.78 is 35.1. The molecule has 5 rings (SSSR count). The van der Waals surface area contributed by atoms with Gasteiger partial charge in [0.2, 0.25) is 0 Å². The summed E-state index contributed by atoms with van der Waals surface area (Å²) >= 11 is 0. The van der Waals surface area contributed by atoms with Crippen LogP contribution < -0.4 is 20.7 Å². The predicted octanol–water partition coefficient (Wildman–Crippen LogP) is 5.29. The number of fused-ring (bicyclic) bond motifs is 2. The zero-order valence-corrected chi connectivity index (χ0v) is 17.5. The highest BCUT2D eigenvalue weighted by molar-refractivity contribution is 5.95. The number of hydrogen-bond acceptors (Lipinski definition) is 6. The average Bonchev–Trinajstić information content (AvgIpc) is 2.81. The molecular formula is C26H17FO6. The minimum absolute atomic E-state index is 0.144. The molecule has 0 unspecified atom stereocenters. The second-order valence-electron chi connectivity index (χ2n) is 7.41. The zero-order valence-electron chi connectivity index (χ0n) is 17.5. The van der Waals surface area contributed by atoms with Crippen molar-refractivity contribution in [2.24, 2.45) is 0 Å². The first kappa shape index (κ1) is 20.5. The van der Waals surface area contributed by atoms with E-state index in [0.29, 0.717) is 39.0 Å². The van der Waals surface area contributed by atoms with Gasteiger partial charge in [-0.1, -0.05) is 12.1 Å². The van der Waals surface area contributed by atoms with Crippen molar-refractivity contribution in [2.75, 3.05) is 7.11 Å². The molecule has 0 saturated heterocycles. The van der Waals surface area contributed by atoms with E-state index in [9.17, 15) is 14.0 Å². The first-order chi connectivity index (χ1) is 16.0. The lowest BCUT2D eigenvalue weighted by atomic mass is 10.0. The second kappa shape index (κ2) is 8.27. The van der Waals surface area contributed by atoms with Crippen molar-refractivity contribution in [1.29, 1.82) is 0 Å². The fraction of sp³-hybridized carbons (Fsp3) is 0.0769. The Labute approximate surface area is 186 Å². The highest BCUT2D eigenvalue weighted by atomic mass is 19.1. The minimum atomic E-state index is -0.617. The lowest BCUT2D eigenvalue weighted by molar-refractivity contribution is 0.305. The molecule has 33 heavy (non-hydrogen) atoms. The molecule has 0 atom stereocenters. The third-order valence-electron chi connectivity index (χ3n) is 5.24. The summed E-state index contributed by atoms with van der Waals surface area (Å²) in [6.07, 6.45) is 0. The van der Waals surface area contributed by atoms with Gasteiger partial charge in [0.25, 0.3) is 0 Å². The number of methoxy groups -OCH3 is 1. The predicted molar refractivity (Wildman–Crippen MR) is 121 cm³/mol. The molecule has 6 nitrogen and oxygen atoms in total. The van der Waals surface area contributed by atoms with Gasteiger partial charge in [-0.3, -0.25) is 0 Å². The summed E-state index contributed by atoms with van der Waals surface area (Å²) in [5, 5.41) is 1.23. The molecule has 2 heterocycles. The van der Waals surface area contributed by atoms with E-state index in [0.717, 1.165) is 0 Å². The summed E-state index contributed by atoms with van der Waals surface area (Å²) in [6.45, 7) is 0.144. The molecule has 3 aromatic carbocycles. The van der Waals surface area contributed by atoms with Gasteiger partial charge < -0.3 is 18.3 Å². The maximum atomic E-state index is 13.4. The molecule has 0 radical (unpaired) electrons. The van der Waals surface area contributed by atoms with Crippen molar-refractivity contribution in [2.45, 2.75) is 6.61 Å². The smallest absolute Gasteiger partial charge is 0.344 e. The van der Waals surface area contributed by atoms with Gasteiger partial charge in [-0.25, -0.2) is 14.0 Å².